The molecule has 0 aromatic heterocycles. The first-order chi connectivity index (χ1) is 14.2. The molecule has 6 nitrogen and oxygen atoms in total. The molecule has 162 valence electrons. The van der Waals surface area contributed by atoms with Crippen molar-refractivity contribution < 1.29 is 17.9 Å². The van der Waals surface area contributed by atoms with E-state index in [4.69, 9.17) is 4.74 Å². The fourth-order valence-corrected chi connectivity index (χ4v) is 5.02. The largest absolute Gasteiger partial charge is 0.483 e. The van der Waals surface area contributed by atoms with Crippen LogP contribution in [0.4, 0.5) is 0 Å². The van der Waals surface area contributed by atoms with Gasteiger partial charge in [-0.05, 0) is 61.6 Å². The molecule has 0 bridgehead atoms. The van der Waals surface area contributed by atoms with Gasteiger partial charge in [0.15, 0.2) is 6.61 Å². The number of ether oxygens (including phenoxy) is 1. The van der Waals surface area contributed by atoms with Gasteiger partial charge in [-0.1, -0.05) is 31.2 Å². The minimum Gasteiger partial charge on any atom is -0.483 e. The highest BCUT2D eigenvalue weighted by atomic mass is 32.2. The van der Waals surface area contributed by atoms with E-state index in [0.29, 0.717) is 18.0 Å². The average Bonchev–Trinajstić information content (AvgIpc) is 2.76. The number of aryl methyl sites for hydroxylation is 3. The Balaban J connectivity index is 1.58. The van der Waals surface area contributed by atoms with Crippen molar-refractivity contribution in [3.05, 3.63) is 58.7 Å². The first-order valence-electron chi connectivity index (χ1n) is 10.3. The number of sulfonamides is 1. The van der Waals surface area contributed by atoms with E-state index in [1.54, 1.807) is 17.0 Å². The van der Waals surface area contributed by atoms with Crippen LogP contribution >= 0.6 is 0 Å². The fourth-order valence-electron chi connectivity index (χ4n) is 3.60. The molecule has 1 aliphatic heterocycles. The minimum absolute atomic E-state index is 0.0453. The number of carbonyl (C=O) groups excluding carboxylic acids is 1. The summed E-state index contributed by atoms with van der Waals surface area (Å²) in [4.78, 5) is 14.6. The van der Waals surface area contributed by atoms with Crippen molar-refractivity contribution >= 4 is 15.9 Å². The molecule has 30 heavy (non-hydrogen) atoms. The topological polar surface area (TPSA) is 66.9 Å². The van der Waals surface area contributed by atoms with Gasteiger partial charge < -0.3 is 9.64 Å². The van der Waals surface area contributed by atoms with E-state index in [9.17, 15) is 13.2 Å². The molecule has 2 aromatic rings. The van der Waals surface area contributed by atoms with Gasteiger partial charge in [-0.2, -0.15) is 4.31 Å². The van der Waals surface area contributed by atoms with Crippen LogP contribution in [0.15, 0.2) is 41.3 Å². The molecule has 0 radical (unpaired) electrons. The number of rotatable bonds is 6. The van der Waals surface area contributed by atoms with Crippen LogP contribution in [-0.2, 0) is 21.2 Å². The van der Waals surface area contributed by atoms with Gasteiger partial charge in [0.1, 0.15) is 5.75 Å². The van der Waals surface area contributed by atoms with Crippen molar-refractivity contribution in [3.63, 3.8) is 0 Å². The molecule has 1 aliphatic rings. The van der Waals surface area contributed by atoms with E-state index in [1.807, 2.05) is 52.0 Å². The monoisotopic (exact) mass is 430 g/mol. The molecule has 1 amide bonds. The average molecular weight is 431 g/mol. The molecule has 1 heterocycles. The predicted octanol–water partition coefficient (Wildman–Crippen LogP) is 3.09. The molecule has 0 unspecified atom stereocenters. The standard InChI is InChI=1S/C23H30N2O4S/c1-5-20-8-10-21(11-9-20)30(27,28)25-14-12-24(13-15-25)22(26)16-29-23-18(3)7-6-17(2)19(23)4/h6-11H,5,12-16H2,1-4H3. The summed E-state index contributed by atoms with van der Waals surface area (Å²) in [6.45, 7) is 9.24. The minimum atomic E-state index is -3.54. The van der Waals surface area contributed by atoms with Gasteiger partial charge in [-0.3, -0.25) is 4.79 Å². The highest BCUT2D eigenvalue weighted by Gasteiger charge is 2.30. The summed E-state index contributed by atoms with van der Waals surface area (Å²) in [5.41, 5.74) is 4.25. The molecule has 0 spiro atoms. The van der Waals surface area contributed by atoms with E-state index < -0.39 is 10.0 Å². The lowest BCUT2D eigenvalue weighted by molar-refractivity contribution is -0.134. The fraction of sp³-hybridized carbons (Fsp3) is 0.435. The summed E-state index contributed by atoms with van der Waals surface area (Å²) in [6.07, 6.45) is 0.866. The van der Waals surface area contributed by atoms with Gasteiger partial charge >= 0.3 is 0 Å². The third-order valence-electron chi connectivity index (χ3n) is 5.77. The SMILES string of the molecule is CCc1ccc(S(=O)(=O)N2CCN(C(=O)COc3c(C)ccc(C)c3C)CC2)cc1. The highest BCUT2D eigenvalue weighted by Crippen LogP contribution is 2.26. The Morgan fingerprint density at radius 2 is 1.53 bits per heavy atom. The lowest BCUT2D eigenvalue weighted by atomic mass is 10.1. The Morgan fingerprint density at radius 1 is 0.933 bits per heavy atom. The summed E-state index contributed by atoms with van der Waals surface area (Å²) in [5, 5.41) is 0. The number of benzene rings is 2. The second kappa shape index (κ2) is 9.18. The number of hydrogen-bond donors (Lipinski definition) is 0. The molecule has 1 fully saturated rings. The quantitative estimate of drug-likeness (QED) is 0.706. The Bertz CT molecular complexity index is 1010. The van der Waals surface area contributed by atoms with Crippen LogP contribution in [0, 0.1) is 20.8 Å². The van der Waals surface area contributed by atoms with Gasteiger partial charge in [-0.25, -0.2) is 8.42 Å². The molecule has 0 N–H and O–H groups in total. The molecular formula is C23H30N2O4S. The van der Waals surface area contributed by atoms with Crippen molar-refractivity contribution in [2.24, 2.45) is 0 Å². The van der Waals surface area contributed by atoms with Crippen LogP contribution in [0.3, 0.4) is 0 Å². The third-order valence-corrected chi connectivity index (χ3v) is 7.69. The lowest BCUT2D eigenvalue weighted by Gasteiger charge is -2.34. The molecular weight excluding hydrogens is 400 g/mol. The molecule has 1 saturated heterocycles. The van der Waals surface area contributed by atoms with E-state index in [0.717, 1.165) is 34.4 Å². The second-order valence-corrected chi connectivity index (χ2v) is 9.66. The van der Waals surface area contributed by atoms with Crippen LogP contribution in [0.25, 0.3) is 0 Å². The Kier molecular flexibility index (Phi) is 6.83. The van der Waals surface area contributed by atoms with E-state index >= 15 is 0 Å². The Labute approximate surface area is 179 Å². The van der Waals surface area contributed by atoms with Gasteiger partial charge in [0.25, 0.3) is 5.91 Å². The van der Waals surface area contributed by atoms with Crippen molar-refractivity contribution in [2.75, 3.05) is 32.8 Å². The number of carbonyl (C=O) groups is 1. The number of amides is 1. The molecule has 0 atom stereocenters. The summed E-state index contributed by atoms with van der Waals surface area (Å²) in [6, 6.07) is 11.0. The molecule has 7 heteroatoms. The number of nitrogens with zero attached hydrogens (tertiary/aromatic N) is 2. The van der Waals surface area contributed by atoms with Gasteiger partial charge in [-0.15, -0.1) is 0 Å². The first-order valence-corrected chi connectivity index (χ1v) is 11.7. The van der Waals surface area contributed by atoms with Crippen molar-refractivity contribution in [2.45, 2.75) is 39.0 Å². The zero-order valence-electron chi connectivity index (χ0n) is 18.1. The Hall–Kier alpha value is -2.38. The number of piperazine rings is 1. The van der Waals surface area contributed by atoms with Crippen molar-refractivity contribution in [1.29, 1.82) is 0 Å². The second-order valence-electron chi connectivity index (χ2n) is 7.72. The van der Waals surface area contributed by atoms with Crippen LogP contribution < -0.4 is 4.74 Å². The van der Waals surface area contributed by atoms with E-state index in [-0.39, 0.29) is 25.6 Å². The predicted molar refractivity (Wildman–Crippen MR) is 117 cm³/mol. The zero-order chi connectivity index (χ0) is 21.9. The van der Waals surface area contributed by atoms with Crippen LogP contribution in [0.1, 0.15) is 29.2 Å². The van der Waals surface area contributed by atoms with E-state index in [2.05, 4.69) is 0 Å². The summed E-state index contributed by atoms with van der Waals surface area (Å²) in [7, 11) is -3.54. The maximum Gasteiger partial charge on any atom is 0.260 e. The molecule has 2 aromatic carbocycles. The number of hydrogen-bond acceptors (Lipinski definition) is 4. The lowest BCUT2D eigenvalue weighted by Crippen LogP contribution is -2.51. The van der Waals surface area contributed by atoms with Gasteiger partial charge in [0, 0.05) is 26.2 Å². The van der Waals surface area contributed by atoms with Gasteiger partial charge in [0.05, 0.1) is 4.90 Å². The van der Waals surface area contributed by atoms with Crippen LogP contribution in [-0.4, -0.2) is 56.3 Å². The smallest absolute Gasteiger partial charge is 0.260 e. The van der Waals surface area contributed by atoms with E-state index in [1.165, 1.54) is 4.31 Å². The Morgan fingerprint density at radius 3 is 2.13 bits per heavy atom. The zero-order valence-corrected chi connectivity index (χ0v) is 19.0. The normalized spacial score (nSPS) is 15.3. The maximum absolute atomic E-state index is 12.9. The first kappa shape index (κ1) is 22.3. The summed E-state index contributed by atoms with van der Waals surface area (Å²) in [5.74, 6) is 0.625. The third kappa shape index (κ3) is 4.68. The highest BCUT2D eigenvalue weighted by molar-refractivity contribution is 7.89. The van der Waals surface area contributed by atoms with Crippen LogP contribution in [0.2, 0.25) is 0 Å². The van der Waals surface area contributed by atoms with Crippen molar-refractivity contribution in [1.82, 2.24) is 9.21 Å². The van der Waals surface area contributed by atoms with Gasteiger partial charge in [0.2, 0.25) is 10.0 Å². The van der Waals surface area contributed by atoms with Crippen molar-refractivity contribution in [3.8, 4) is 5.75 Å². The molecule has 0 aliphatic carbocycles. The summed E-state index contributed by atoms with van der Waals surface area (Å²) < 4.78 is 33.0. The maximum atomic E-state index is 12.9. The molecule has 3 rings (SSSR count). The molecule has 0 saturated carbocycles. The summed E-state index contributed by atoms with van der Waals surface area (Å²) >= 11 is 0. The van der Waals surface area contributed by atoms with Crippen LogP contribution in [0.5, 0.6) is 5.75 Å².